The third-order valence-electron chi connectivity index (χ3n) is 2.93. The lowest BCUT2D eigenvalue weighted by atomic mass is 10.1. The lowest BCUT2D eigenvalue weighted by molar-refractivity contribution is 0.987. The number of anilines is 1. The maximum absolute atomic E-state index is 5.93. The van der Waals surface area contributed by atoms with Crippen molar-refractivity contribution in [2.45, 2.75) is 0 Å². The molecule has 1 aliphatic rings. The van der Waals surface area contributed by atoms with E-state index in [0.717, 1.165) is 22.8 Å². The second kappa shape index (κ2) is 4.41. The zero-order chi connectivity index (χ0) is 12.4. The van der Waals surface area contributed by atoms with E-state index in [0.29, 0.717) is 6.54 Å². The molecule has 0 radical (unpaired) electrons. The van der Waals surface area contributed by atoms with Crippen LogP contribution in [0.25, 0.3) is 5.70 Å². The van der Waals surface area contributed by atoms with Gasteiger partial charge in [0.25, 0.3) is 0 Å². The van der Waals surface area contributed by atoms with Gasteiger partial charge in [0, 0.05) is 17.6 Å². The molecule has 2 aromatic rings. The summed E-state index contributed by atoms with van der Waals surface area (Å²) in [6, 6.07) is 12.2. The number of aromatic amines is 1. The van der Waals surface area contributed by atoms with Crippen LogP contribution in [0.3, 0.4) is 0 Å². The van der Waals surface area contributed by atoms with Gasteiger partial charge in [-0.15, -0.1) is 0 Å². The van der Waals surface area contributed by atoms with Gasteiger partial charge in [-0.2, -0.15) is 5.10 Å². The van der Waals surface area contributed by atoms with Gasteiger partial charge in [-0.3, -0.25) is 5.10 Å². The Bertz CT molecular complexity index is 582. The molecule has 2 heterocycles. The van der Waals surface area contributed by atoms with Gasteiger partial charge >= 0.3 is 0 Å². The van der Waals surface area contributed by atoms with E-state index in [9.17, 15) is 0 Å². The Morgan fingerprint density at radius 3 is 2.67 bits per heavy atom. The fraction of sp³-hybridized carbons (Fsp3) is 0.0714. The molecule has 0 amide bonds. The number of hydrogen-bond acceptors (Lipinski definition) is 3. The summed E-state index contributed by atoms with van der Waals surface area (Å²) < 4.78 is 0. The van der Waals surface area contributed by atoms with Crippen molar-refractivity contribution in [1.82, 2.24) is 10.2 Å². The number of nitrogens with two attached hydrogens (primary N) is 1. The van der Waals surface area contributed by atoms with Crippen molar-refractivity contribution >= 4 is 11.4 Å². The molecule has 90 valence electrons. The molecule has 0 bridgehead atoms. The van der Waals surface area contributed by atoms with Crippen molar-refractivity contribution in [3.8, 4) is 0 Å². The quantitative estimate of drug-likeness (QED) is 0.842. The molecular formula is C14H14N4. The molecule has 4 nitrogen and oxygen atoms in total. The van der Waals surface area contributed by atoms with Crippen molar-refractivity contribution < 1.29 is 0 Å². The average Bonchev–Trinajstić information content (AvgIpc) is 2.93. The lowest BCUT2D eigenvalue weighted by Gasteiger charge is -2.29. The Morgan fingerprint density at radius 2 is 1.94 bits per heavy atom. The lowest BCUT2D eigenvalue weighted by Crippen LogP contribution is -2.29. The third kappa shape index (κ3) is 1.88. The fourth-order valence-electron chi connectivity index (χ4n) is 2.07. The van der Waals surface area contributed by atoms with Gasteiger partial charge in [0.2, 0.25) is 0 Å². The number of nitrogens with one attached hydrogen (secondary N) is 1. The largest absolute Gasteiger partial charge is 0.401 e. The summed E-state index contributed by atoms with van der Waals surface area (Å²) in [4.78, 5) is 2.17. The maximum Gasteiger partial charge on any atom is 0.0814 e. The number of para-hydroxylation sites is 1. The first kappa shape index (κ1) is 10.7. The third-order valence-corrected chi connectivity index (χ3v) is 2.93. The molecule has 18 heavy (non-hydrogen) atoms. The molecule has 0 atom stereocenters. The van der Waals surface area contributed by atoms with Gasteiger partial charge in [0.05, 0.1) is 17.9 Å². The van der Waals surface area contributed by atoms with Gasteiger partial charge in [-0.1, -0.05) is 18.2 Å². The number of aromatic nitrogens is 2. The first-order valence-corrected chi connectivity index (χ1v) is 5.83. The predicted octanol–water partition coefficient (Wildman–Crippen LogP) is 2.11. The zero-order valence-corrected chi connectivity index (χ0v) is 9.88. The standard InChI is InChI=1S/C14H14N4/c15-11-6-7-14(13-8-9-16-17-13)18(10-11)12-4-2-1-3-5-12/h1-9H,10,15H2,(H,16,17). The van der Waals surface area contributed by atoms with E-state index in [1.165, 1.54) is 0 Å². The van der Waals surface area contributed by atoms with E-state index in [4.69, 9.17) is 5.73 Å². The monoisotopic (exact) mass is 238 g/mol. The van der Waals surface area contributed by atoms with E-state index in [-0.39, 0.29) is 0 Å². The van der Waals surface area contributed by atoms with E-state index in [2.05, 4.69) is 27.2 Å². The molecule has 3 rings (SSSR count). The van der Waals surface area contributed by atoms with Crippen LogP contribution in [-0.2, 0) is 0 Å². The Kier molecular flexibility index (Phi) is 2.61. The van der Waals surface area contributed by atoms with Crippen molar-refractivity contribution in [1.29, 1.82) is 0 Å². The normalized spacial score (nSPS) is 15.2. The first-order chi connectivity index (χ1) is 8.84. The second-order valence-electron chi connectivity index (χ2n) is 4.19. The molecule has 0 fully saturated rings. The van der Waals surface area contributed by atoms with Crippen LogP contribution >= 0.6 is 0 Å². The van der Waals surface area contributed by atoms with Crippen molar-refractivity contribution in [3.63, 3.8) is 0 Å². The van der Waals surface area contributed by atoms with Gasteiger partial charge < -0.3 is 10.6 Å². The van der Waals surface area contributed by atoms with Gasteiger partial charge in [0.15, 0.2) is 0 Å². The van der Waals surface area contributed by atoms with Gasteiger partial charge in [-0.05, 0) is 30.4 Å². The Balaban J connectivity index is 2.03. The summed E-state index contributed by atoms with van der Waals surface area (Å²) in [6.07, 6.45) is 5.70. The number of hydrogen-bond donors (Lipinski definition) is 2. The number of rotatable bonds is 2. The SMILES string of the molecule is NC1=CC=C(c2ccn[nH]2)N(c2ccccc2)C1. The molecule has 0 spiro atoms. The molecule has 1 aliphatic heterocycles. The molecule has 0 saturated heterocycles. The van der Waals surface area contributed by atoms with Crippen LogP contribution in [0.2, 0.25) is 0 Å². The summed E-state index contributed by atoms with van der Waals surface area (Å²) in [5, 5.41) is 6.99. The van der Waals surface area contributed by atoms with Crippen LogP contribution in [0.4, 0.5) is 5.69 Å². The molecule has 4 heteroatoms. The fourth-order valence-corrected chi connectivity index (χ4v) is 2.07. The topological polar surface area (TPSA) is 57.9 Å². The molecule has 1 aromatic heterocycles. The minimum absolute atomic E-state index is 0.689. The molecule has 1 aromatic carbocycles. The number of nitrogens with zero attached hydrogens (tertiary/aromatic N) is 2. The summed E-state index contributed by atoms with van der Waals surface area (Å²) in [6.45, 7) is 0.689. The number of H-pyrrole nitrogens is 1. The molecular weight excluding hydrogens is 224 g/mol. The van der Waals surface area contributed by atoms with Crippen LogP contribution in [0.5, 0.6) is 0 Å². The van der Waals surface area contributed by atoms with Gasteiger partial charge in [-0.25, -0.2) is 0 Å². The highest BCUT2D eigenvalue weighted by molar-refractivity contribution is 5.80. The highest BCUT2D eigenvalue weighted by atomic mass is 15.2. The van der Waals surface area contributed by atoms with Crippen LogP contribution < -0.4 is 10.6 Å². The summed E-state index contributed by atoms with van der Waals surface area (Å²) in [5.74, 6) is 0. The Morgan fingerprint density at radius 1 is 1.11 bits per heavy atom. The smallest absolute Gasteiger partial charge is 0.0814 e. The molecule has 0 unspecified atom stereocenters. The summed E-state index contributed by atoms with van der Waals surface area (Å²) in [5.41, 5.74) is 9.96. The van der Waals surface area contributed by atoms with E-state index >= 15 is 0 Å². The summed E-state index contributed by atoms with van der Waals surface area (Å²) in [7, 11) is 0. The van der Waals surface area contributed by atoms with Crippen LogP contribution in [-0.4, -0.2) is 16.7 Å². The Hall–Kier alpha value is -2.49. The number of allylic oxidation sites excluding steroid dienone is 2. The molecule has 0 saturated carbocycles. The van der Waals surface area contributed by atoms with Crippen LogP contribution in [0.1, 0.15) is 5.69 Å². The Labute approximate surface area is 105 Å². The van der Waals surface area contributed by atoms with E-state index in [1.54, 1.807) is 6.20 Å². The second-order valence-corrected chi connectivity index (χ2v) is 4.19. The average molecular weight is 238 g/mol. The van der Waals surface area contributed by atoms with Crippen molar-refractivity contribution in [2.75, 3.05) is 11.4 Å². The highest BCUT2D eigenvalue weighted by Gasteiger charge is 2.17. The zero-order valence-electron chi connectivity index (χ0n) is 9.88. The minimum Gasteiger partial charge on any atom is -0.401 e. The van der Waals surface area contributed by atoms with Gasteiger partial charge in [0.1, 0.15) is 0 Å². The predicted molar refractivity (Wildman–Crippen MR) is 72.6 cm³/mol. The molecule has 0 aliphatic carbocycles. The number of benzene rings is 1. The van der Waals surface area contributed by atoms with Crippen molar-refractivity contribution in [3.05, 3.63) is 66.1 Å². The first-order valence-electron chi connectivity index (χ1n) is 5.83. The van der Waals surface area contributed by atoms with E-state index < -0.39 is 0 Å². The highest BCUT2D eigenvalue weighted by Crippen LogP contribution is 2.27. The minimum atomic E-state index is 0.689. The maximum atomic E-state index is 5.93. The van der Waals surface area contributed by atoms with Crippen molar-refractivity contribution in [2.24, 2.45) is 5.73 Å². The van der Waals surface area contributed by atoms with Crippen LogP contribution in [0, 0.1) is 0 Å². The van der Waals surface area contributed by atoms with Crippen LogP contribution in [0.15, 0.2) is 60.4 Å². The van der Waals surface area contributed by atoms with E-state index in [1.807, 2.05) is 36.4 Å². The molecule has 3 N–H and O–H groups in total. The summed E-state index contributed by atoms with van der Waals surface area (Å²) >= 11 is 0.